The molecule has 1 amide bonds. The number of halogens is 4. The van der Waals surface area contributed by atoms with E-state index in [9.17, 15) is 18.0 Å². The number of hydrogen-bond acceptors (Lipinski definition) is 6. The lowest BCUT2D eigenvalue weighted by Gasteiger charge is -2.12. The molecule has 196 valence electrons. The van der Waals surface area contributed by atoms with E-state index in [2.05, 4.69) is 25.6 Å². The van der Waals surface area contributed by atoms with Gasteiger partial charge in [0.25, 0.3) is 5.91 Å². The van der Waals surface area contributed by atoms with Crippen LogP contribution in [0.1, 0.15) is 21.7 Å². The fourth-order valence-electron chi connectivity index (χ4n) is 3.77. The molecule has 2 N–H and O–H groups in total. The summed E-state index contributed by atoms with van der Waals surface area (Å²) in [6, 6.07) is 17.4. The molecule has 39 heavy (non-hydrogen) atoms. The van der Waals surface area contributed by atoms with Crippen LogP contribution in [-0.4, -0.2) is 20.9 Å². The molecule has 5 rings (SSSR count). The average molecular weight is 550 g/mol. The molecule has 0 saturated heterocycles. The van der Waals surface area contributed by atoms with Crippen LogP contribution in [0.5, 0.6) is 0 Å². The molecule has 0 atom stereocenters. The second kappa shape index (κ2) is 10.6. The van der Waals surface area contributed by atoms with E-state index in [1.807, 2.05) is 13.0 Å². The third kappa shape index (κ3) is 5.91. The highest BCUT2D eigenvalue weighted by molar-refractivity contribution is 6.30. The molecule has 3 heterocycles. The van der Waals surface area contributed by atoms with Crippen LogP contribution in [0.25, 0.3) is 22.6 Å². The smallest absolute Gasteiger partial charge is 0.450 e. The van der Waals surface area contributed by atoms with Gasteiger partial charge in [-0.3, -0.25) is 9.78 Å². The van der Waals surface area contributed by atoms with E-state index in [0.717, 1.165) is 17.2 Å². The zero-order chi connectivity index (χ0) is 27.6. The summed E-state index contributed by atoms with van der Waals surface area (Å²) < 4.78 is 46.3. The normalized spacial score (nSPS) is 11.3. The summed E-state index contributed by atoms with van der Waals surface area (Å²) in [4.78, 5) is 25.8. The van der Waals surface area contributed by atoms with Gasteiger partial charge in [0.1, 0.15) is 5.76 Å². The number of rotatable bonds is 6. The lowest BCUT2D eigenvalue weighted by atomic mass is 10.1. The Labute approximate surface area is 225 Å². The number of carbonyl (C=O) groups is 1. The summed E-state index contributed by atoms with van der Waals surface area (Å²) in [7, 11) is 0. The number of nitrogens with zero attached hydrogens (tertiary/aromatic N) is 3. The van der Waals surface area contributed by atoms with Crippen molar-refractivity contribution < 1.29 is 22.4 Å². The van der Waals surface area contributed by atoms with Gasteiger partial charge in [0.15, 0.2) is 0 Å². The molecular formula is C28H19ClF3N5O2. The maximum atomic E-state index is 13.7. The first kappa shape index (κ1) is 25.9. The standard InChI is InChI=1S/C28H19ClF3N5O2/c1-16-4-9-20(13-23(16)37-27-34-12-10-22(36-27)18-3-2-11-33-15-18)35-26(38)21-14-24(39-25(21)28(30,31)32)17-5-7-19(29)8-6-17/h2-15H,1H3,(H,35,38)(H,34,36,37). The molecule has 7 nitrogen and oxygen atoms in total. The third-order valence-electron chi connectivity index (χ3n) is 5.72. The SMILES string of the molecule is Cc1ccc(NC(=O)c2cc(-c3ccc(Cl)cc3)oc2C(F)(F)F)cc1Nc1nccc(-c2cccnc2)n1. The van der Waals surface area contributed by atoms with Gasteiger partial charge in [0.2, 0.25) is 11.7 Å². The molecule has 0 fully saturated rings. The maximum absolute atomic E-state index is 13.7. The Hall–Kier alpha value is -4.70. The predicted octanol–water partition coefficient (Wildman–Crippen LogP) is 7.78. The van der Waals surface area contributed by atoms with Crippen LogP contribution < -0.4 is 10.6 Å². The van der Waals surface area contributed by atoms with Crippen LogP contribution in [0, 0.1) is 6.92 Å². The number of furan rings is 1. The summed E-state index contributed by atoms with van der Waals surface area (Å²) in [5, 5.41) is 6.04. The van der Waals surface area contributed by atoms with Gasteiger partial charge in [-0.2, -0.15) is 13.2 Å². The number of hydrogen-bond donors (Lipinski definition) is 2. The number of aryl methyl sites for hydroxylation is 1. The van der Waals surface area contributed by atoms with Crippen molar-refractivity contribution in [1.82, 2.24) is 15.0 Å². The van der Waals surface area contributed by atoms with Gasteiger partial charge in [-0.1, -0.05) is 17.7 Å². The summed E-state index contributed by atoms with van der Waals surface area (Å²) in [6.45, 7) is 1.83. The number of aromatic nitrogens is 3. The Bertz CT molecular complexity index is 1640. The first-order chi connectivity index (χ1) is 18.7. The van der Waals surface area contributed by atoms with E-state index in [1.165, 1.54) is 24.3 Å². The van der Waals surface area contributed by atoms with E-state index in [-0.39, 0.29) is 11.4 Å². The zero-order valence-electron chi connectivity index (χ0n) is 20.3. The lowest BCUT2D eigenvalue weighted by Crippen LogP contribution is -2.17. The fourth-order valence-corrected chi connectivity index (χ4v) is 3.90. The molecule has 0 spiro atoms. The number of anilines is 3. The molecule has 3 aromatic heterocycles. The van der Waals surface area contributed by atoms with Crippen LogP contribution >= 0.6 is 11.6 Å². The van der Waals surface area contributed by atoms with Crippen molar-refractivity contribution in [3.05, 3.63) is 107 Å². The van der Waals surface area contributed by atoms with Crippen molar-refractivity contribution in [2.45, 2.75) is 13.1 Å². The summed E-state index contributed by atoms with van der Waals surface area (Å²) in [6.07, 6.45) is 0.0477. The quantitative estimate of drug-likeness (QED) is 0.225. The monoisotopic (exact) mass is 549 g/mol. The molecule has 0 unspecified atom stereocenters. The second-order valence-electron chi connectivity index (χ2n) is 8.47. The fraction of sp³-hybridized carbons (Fsp3) is 0.0714. The molecule has 5 aromatic rings. The molecule has 0 aliphatic heterocycles. The number of carbonyl (C=O) groups excluding carboxylic acids is 1. The van der Waals surface area contributed by atoms with Crippen LogP contribution in [0.4, 0.5) is 30.5 Å². The maximum Gasteiger partial charge on any atom is 0.450 e. The van der Waals surface area contributed by atoms with Crippen LogP contribution in [0.2, 0.25) is 5.02 Å². The van der Waals surface area contributed by atoms with Crippen molar-refractivity contribution in [3.63, 3.8) is 0 Å². The van der Waals surface area contributed by atoms with Crippen molar-refractivity contribution in [2.24, 2.45) is 0 Å². The van der Waals surface area contributed by atoms with Gasteiger partial charge in [0, 0.05) is 46.1 Å². The van der Waals surface area contributed by atoms with Gasteiger partial charge in [0.05, 0.1) is 11.3 Å². The van der Waals surface area contributed by atoms with Gasteiger partial charge in [-0.05, 0) is 73.2 Å². The Morgan fingerprint density at radius 2 is 1.77 bits per heavy atom. The second-order valence-corrected chi connectivity index (χ2v) is 8.91. The molecule has 0 aliphatic rings. The Kier molecular flexibility index (Phi) is 7.03. The number of amides is 1. The van der Waals surface area contributed by atoms with Gasteiger partial charge in [-0.25, -0.2) is 9.97 Å². The van der Waals surface area contributed by atoms with Crippen LogP contribution in [0.15, 0.2) is 89.7 Å². The first-order valence-electron chi connectivity index (χ1n) is 11.6. The Morgan fingerprint density at radius 3 is 2.49 bits per heavy atom. The highest BCUT2D eigenvalue weighted by Gasteiger charge is 2.40. The van der Waals surface area contributed by atoms with E-state index < -0.39 is 23.4 Å². The third-order valence-corrected chi connectivity index (χ3v) is 5.97. The molecule has 0 radical (unpaired) electrons. The molecule has 2 aromatic carbocycles. The van der Waals surface area contributed by atoms with Crippen molar-refractivity contribution in [1.29, 1.82) is 0 Å². The van der Waals surface area contributed by atoms with Gasteiger partial charge < -0.3 is 15.1 Å². The minimum atomic E-state index is -4.88. The minimum Gasteiger partial charge on any atom is -0.451 e. The van der Waals surface area contributed by atoms with Gasteiger partial charge >= 0.3 is 6.18 Å². The summed E-state index contributed by atoms with van der Waals surface area (Å²) in [5.41, 5.74) is 2.78. The minimum absolute atomic E-state index is 0.110. The van der Waals surface area contributed by atoms with Crippen molar-refractivity contribution in [2.75, 3.05) is 10.6 Å². The van der Waals surface area contributed by atoms with Crippen LogP contribution in [-0.2, 0) is 6.18 Å². The zero-order valence-corrected chi connectivity index (χ0v) is 21.0. The van der Waals surface area contributed by atoms with E-state index in [0.29, 0.717) is 27.9 Å². The number of pyridine rings is 1. The lowest BCUT2D eigenvalue weighted by molar-refractivity contribution is -0.153. The van der Waals surface area contributed by atoms with Gasteiger partial charge in [-0.15, -0.1) is 0 Å². The topological polar surface area (TPSA) is 92.9 Å². The number of benzene rings is 2. The average Bonchev–Trinajstić information content (AvgIpc) is 3.38. The Morgan fingerprint density at radius 1 is 0.974 bits per heavy atom. The molecule has 11 heteroatoms. The van der Waals surface area contributed by atoms with Crippen molar-refractivity contribution >= 4 is 34.8 Å². The Balaban J connectivity index is 1.40. The predicted molar refractivity (Wildman–Crippen MR) is 142 cm³/mol. The van der Waals surface area contributed by atoms with Crippen LogP contribution in [0.3, 0.4) is 0 Å². The van der Waals surface area contributed by atoms with E-state index in [1.54, 1.807) is 48.9 Å². The highest BCUT2D eigenvalue weighted by atomic mass is 35.5. The van der Waals surface area contributed by atoms with E-state index in [4.69, 9.17) is 16.0 Å². The summed E-state index contributed by atoms with van der Waals surface area (Å²) >= 11 is 5.87. The molecule has 0 aliphatic carbocycles. The number of alkyl halides is 3. The van der Waals surface area contributed by atoms with Crippen molar-refractivity contribution in [3.8, 4) is 22.6 Å². The van der Waals surface area contributed by atoms with E-state index >= 15 is 0 Å². The molecule has 0 bridgehead atoms. The largest absolute Gasteiger partial charge is 0.451 e. The summed E-state index contributed by atoms with van der Waals surface area (Å²) in [5.74, 6) is -2.18. The first-order valence-corrected chi connectivity index (χ1v) is 11.9. The molecule has 0 saturated carbocycles. The highest BCUT2D eigenvalue weighted by Crippen LogP contribution is 2.38. The molecular weight excluding hydrogens is 531 g/mol. The number of nitrogens with one attached hydrogen (secondary N) is 2.